The number of rotatable bonds is 3. The highest BCUT2D eigenvalue weighted by Crippen LogP contribution is 2.30. The van der Waals surface area contributed by atoms with Crippen LogP contribution >= 0.6 is 28.3 Å². The lowest BCUT2D eigenvalue weighted by Gasteiger charge is -1.97. The zero-order chi connectivity index (χ0) is 12.4. The Morgan fingerprint density at radius 3 is 2.82 bits per heavy atom. The zero-order valence-electron chi connectivity index (χ0n) is 8.72. The summed E-state index contributed by atoms with van der Waals surface area (Å²) < 4.78 is 13.9. The summed E-state index contributed by atoms with van der Waals surface area (Å²) in [5.41, 5.74) is 1.99. The second-order valence-corrected chi connectivity index (χ2v) is 4.55. The van der Waals surface area contributed by atoms with E-state index >= 15 is 0 Å². The van der Waals surface area contributed by atoms with Gasteiger partial charge in [0, 0.05) is 5.69 Å². The summed E-state index contributed by atoms with van der Waals surface area (Å²) in [6.45, 7) is 1.85. The zero-order valence-corrected chi connectivity index (χ0v) is 11.1. The predicted molar refractivity (Wildman–Crippen MR) is 67.4 cm³/mol. The Balaban J connectivity index is 2.60. The van der Waals surface area contributed by atoms with Crippen LogP contribution in [0.15, 0.2) is 22.7 Å². The SMILES string of the molecule is Cc1cccc(-c2nn(SF)c(C=O)c2Br)n1. The van der Waals surface area contributed by atoms with E-state index in [2.05, 4.69) is 26.0 Å². The maximum Gasteiger partial charge on any atom is 0.188 e. The standard InChI is InChI=1S/C10H7BrFN3OS/c1-6-3-2-4-7(13-6)10-9(11)8(5-16)15(14-10)17-12/h2-5H,1H3. The first-order valence-electron chi connectivity index (χ1n) is 4.64. The van der Waals surface area contributed by atoms with Crippen LogP contribution in [0.25, 0.3) is 11.4 Å². The molecular weight excluding hydrogens is 309 g/mol. The number of carbonyl (C=O) groups excluding carboxylic acids is 1. The van der Waals surface area contributed by atoms with Gasteiger partial charge in [-0.3, -0.25) is 9.78 Å². The van der Waals surface area contributed by atoms with Gasteiger partial charge in [0.1, 0.15) is 11.4 Å². The largest absolute Gasteiger partial charge is 0.296 e. The van der Waals surface area contributed by atoms with Crippen LogP contribution in [0.5, 0.6) is 0 Å². The molecule has 2 aromatic rings. The first kappa shape index (κ1) is 12.3. The molecule has 7 heteroatoms. The topological polar surface area (TPSA) is 47.8 Å². The molecule has 2 rings (SSSR count). The van der Waals surface area contributed by atoms with E-state index in [9.17, 15) is 8.68 Å². The summed E-state index contributed by atoms with van der Waals surface area (Å²) in [4.78, 5) is 15.1. The number of halogens is 2. The lowest BCUT2D eigenvalue weighted by Crippen LogP contribution is -1.92. The normalized spacial score (nSPS) is 10.5. The lowest BCUT2D eigenvalue weighted by atomic mass is 10.2. The second kappa shape index (κ2) is 4.97. The van der Waals surface area contributed by atoms with Gasteiger partial charge >= 0.3 is 0 Å². The number of pyridine rings is 1. The molecule has 0 amide bonds. The molecule has 17 heavy (non-hydrogen) atoms. The third-order valence-electron chi connectivity index (χ3n) is 2.14. The fourth-order valence-electron chi connectivity index (χ4n) is 1.38. The van der Waals surface area contributed by atoms with Gasteiger partial charge in [-0.15, -0.1) is 3.89 Å². The van der Waals surface area contributed by atoms with Gasteiger partial charge < -0.3 is 0 Å². The third-order valence-corrected chi connectivity index (χ3v) is 3.33. The smallest absolute Gasteiger partial charge is 0.188 e. The molecule has 0 bridgehead atoms. The lowest BCUT2D eigenvalue weighted by molar-refractivity contribution is 0.111. The Bertz CT molecular complexity index is 573. The molecule has 0 N–H and O–H groups in total. The molecule has 0 aliphatic heterocycles. The number of hydrogen-bond acceptors (Lipinski definition) is 4. The molecule has 0 aromatic carbocycles. The van der Waals surface area contributed by atoms with Crippen molar-refractivity contribution < 1.29 is 8.68 Å². The molecule has 0 spiro atoms. The molecule has 0 saturated carbocycles. The first-order valence-corrected chi connectivity index (χ1v) is 6.11. The molecule has 88 valence electrons. The van der Waals surface area contributed by atoms with Crippen molar-refractivity contribution in [2.75, 3.05) is 0 Å². The maximum atomic E-state index is 12.6. The minimum absolute atomic E-state index is 0.130. The number of hydrogen-bond donors (Lipinski definition) is 0. The highest BCUT2D eigenvalue weighted by atomic mass is 79.9. The van der Waals surface area contributed by atoms with E-state index in [0.717, 1.165) is 9.78 Å². The van der Waals surface area contributed by atoms with Crippen LogP contribution in [0, 0.1) is 6.92 Å². The average molecular weight is 316 g/mol. The van der Waals surface area contributed by atoms with E-state index in [1.54, 1.807) is 6.07 Å². The van der Waals surface area contributed by atoms with Crippen molar-refractivity contribution in [3.05, 3.63) is 34.1 Å². The Hall–Kier alpha value is -1.21. The molecule has 0 radical (unpaired) electrons. The van der Waals surface area contributed by atoms with E-state index < -0.39 is 0 Å². The molecule has 0 aliphatic rings. The van der Waals surface area contributed by atoms with E-state index in [4.69, 9.17) is 0 Å². The fourth-order valence-corrected chi connectivity index (χ4v) is 2.36. The Kier molecular flexibility index (Phi) is 3.58. The summed E-state index contributed by atoms with van der Waals surface area (Å²) in [5.74, 6) is 0. The van der Waals surface area contributed by atoms with Gasteiger partial charge in [0.15, 0.2) is 18.6 Å². The maximum absolute atomic E-state index is 12.6. The quantitative estimate of drug-likeness (QED) is 0.816. The second-order valence-electron chi connectivity index (χ2n) is 3.27. The van der Waals surface area contributed by atoms with E-state index in [1.165, 1.54) is 0 Å². The van der Waals surface area contributed by atoms with Crippen LogP contribution in [0.3, 0.4) is 0 Å². The third kappa shape index (κ3) is 2.25. The Labute approximate surface area is 110 Å². The van der Waals surface area contributed by atoms with E-state index in [1.807, 2.05) is 19.1 Å². The van der Waals surface area contributed by atoms with Gasteiger partial charge in [0.05, 0.1) is 10.2 Å². The molecule has 0 saturated heterocycles. The summed E-state index contributed by atoms with van der Waals surface area (Å²) in [6.07, 6.45) is 0.545. The minimum atomic E-state index is -0.130. The van der Waals surface area contributed by atoms with Crippen molar-refractivity contribution >= 4 is 34.5 Å². The molecule has 2 aromatic heterocycles. The average Bonchev–Trinajstić information content (AvgIpc) is 2.65. The number of nitrogens with zero attached hydrogens (tertiary/aromatic N) is 3. The summed E-state index contributed by atoms with van der Waals surface area (Å²) in [7, 11) is 0. The molecule has 4 nitrogen and oxygen atoms in total. The van der Waals surface area contributed by atoms with Gasteiger partial charge in [-0.1, -0.05) is 6.07 Å². The highest BCUT2D eigenvalue weighted by molar-refractivity contribution is 9.10. The monoisotopic (exact) mass is 315 g/mol. The molecule has 0 aliphatic carbocycles. The number of aryl methyl sites for hydroxylation is 1. The minimum Gasteiger partial charge on any atom is -0.296 e. The van der Waals surface area contributed by atoms with Crippen LogP contribution in [-0.4, -0.2) is 20.5 Å². The summed E-state index contributed by atoms with van der Waals surface area (Å²) in [6, 6.07) is 5.42. The van der Waals surface area contributed by atoms with Gasteiger partial charge in [-0.05, 0) is 35.0 Å². The van der Waals surface area contributed by atoms with Crippen molar-refractivity contribution in [1.82, 2.24) is 14.2 Å². The van der Waals surface area contributed by atoms with Gasteiger partial charge in [0.25, 0.3) is 0 Å². The van der Waals surface area contributed by atoms with Crippen LogP contribution < -0.4 is 0 Å². The van der Waals surface area contributed by atoms with E-state index in [0.29, 0.717) is 22.1 Å². The molecular formula is C10H7BrFN3OS. The molecule has 0 fully saturated rings. The first-order chi connectivity index (χ1) is 8.17. The van der Waals surface area contributed by atoms with Crippen LogP contribution in [0.4, 0.5) is 3.89 Å². The highest BCUT2D eigenvalue weighted by Gasteiger charge is 2.18. The Morgan fingerprint density at radius 2 is 2.29 bits per heavy atom. The summed E-state index contributed by atoms with van der Waals surface area (Å²) >= 11 is 3.10. The van der Waals surface area contributed by atoms with E-state index in [-0.39, 0.29) is 18.0 Å². The van der Waals surface area contributed by atoms with Crippen molar-refractivity contribution in [3.8, 4) is 11.4 Å². The molecule has 0 unspecified atom stereocenters. The number of carbonyl (C=O) groups is 1. The van der Waals surface area contributed by atoms with Gasteiger partial charge in [-0.25, -0.2) is 0 Å². The Morgan fingerprint density at radius 1 is 1.53 bits per heavy atom. The molecule has 2 heterocycles. The fraction of sp³-hybridized carbons (Fsp3) is 0.100. The van der Waals surface area contributed by atoms with Crippen molar-refractivity contribution in [3.63, 3.8) is 0 Å². The van der Waals surface area contributed by atoms with Crippen LogP contribution in [0.1, 0.15) is 16.2 Å². The van der Waals surface area contributed by atoms with Crippen molar-refractivity contribution in [1.29, 1.82) is 0 Å². The predicted octanol–water partition coefficient (Wildman–Crippen LogP) is 3.21. The number of aromatic nitrogens is 3. The van der Waals surface area contributed by atoms with Gasteiger partial charge in [-0.2, -0.15) is 9.19 Å². The van der Waals surface area contributed by atoms with Crippen LogP contribution in [0.2, 0.25) is 0 Å². The summed E-state index contributed by atoms with van der Waals surface area (Å²) in [5, 5.41) is 3.97. The van der Waals surface area contributed by atoms with Crippen molar-refractivity contribution in [2.24, 2.45) is 0 Å². The van der Waals surface area contributed by atoms with Crippen LogP contribution in [-0.2, 0) is 0 Å². The van der Waals surface area contributed by atoms with Crippen molar-refractivity contribution in [2.45, 2.75) is 6.92 Å². The van der Waals surface area contributed by atoms with Gasteiger partial charge in [0.2, 0.25) is 0 Å². The molecule has 0 atom stereocenters. The number of aldehydes is 1.